The van der Waals surface area contributed by atoms with Crippen LogP contribution in [-0.4, -0.2) is 4.99 Å². The van der Waals surface area contributed by atoms with Gasteiger partial charge in [0.15, 0.2) is 0 Å². The van der Waals surface area contributed by atoms with E-state index in [0.29, 0.717) is 5.92 Å². The topological polar surface area (TPSA) is 12.0 Å². The van der Waals surface area contributed by atoms with Gasteiger partial charge in [-0.05, 0) is 24.8 Å². The van der Waals surface area contributed by atoms with Crippen LogP contribution in [-0.2, 0) is 0 Å². The summed E-state index contributed by atoms with van der Waals surface area (Å²) in [6.07, 6.45) is 8.31. The average molecular weight is 307 g/mol. The lowest BCUT2D eigenvalue weighted by Crippen LogP contribution is -2.32. The van der Waals surface area contributed by atoms with Gasteiger partial charge in [0.25, 0.3) is 0 Å². The molecule has 1 aliphatic carbocycles. The van der Waals surface area contributed by atoms with Crippen molar-refractivity contribution in [2.45, 2.75) is 25.3 Å². The number of thiocarbonyl (C=S) groups is 1. The molecule has 22 heavy (non-hydrogen) atoms. The monoisotopic (exact) mass is 307 g/mol. The summed E-state index contributed by atoms with van der Waals surface area (Å²) in [5.74, 6) is 0.498. The van der Waals surface area contributed by atoms with Gasteiger partial charge < -0.3 is 5.32 Å². The van der Waals surface area contributed by atoms with Gasteiger partial charge in [-0.25, -0.2) is 0 Å². The molecule has 2 unspecified atom stereocenters. The highest BCUT2D eigenvalue weighted by Gasteiger charge is 2.23. The molecular weight excluding hydrogens is 286 g/mol. The molecule has 0 aromatic heterocycles. The quantitative estimate of drug-likeness (QED) is 0.626. The molecule has 2 aromatic carbocycles. The maximum Gasteiger partial charge on any atom is 0.107 e. The Morgan fingerprint density at radius 3 is 2.32 bits per heavy atom. The zero-order chi connectivity index (χ0) is 15.2. The standard InChI is InChI=1S/C20H21NS/c22-20(18-14-8-3-9-15-18)21-19(16-10-4-1-5-11-16)17-12-6-2-7-13-17/h1,3-6,8-12,14-15,17,19H,2,7,13H2,(H,21,22). The first-order chi connectivity index (χ1) is 10.8. The van der Waals surface area contributed by atoms with E-state index in [1.54, 1.807) is 0 Å². The molecule has 0 fully saturated rings. The molecule has 0 aliphatic heterocycles. The van der Waals surface area contributed by atoms with Gasteiger partial charge in [0.05, 0.1) is 6.04 Å². The summed E-state index contributed by atoms with van der Waals surface area (Å²) in [5.41, 5.74) is 2.38. The van der Waals surface area contributed by atoms with Gasteiger partial charge in [-0.3, -0.25) is 0 Å². The van der Waals surface area contributed by atoms with Gasteiger partial charge in [0.1, 0.15) is 4.99 Å². The van der Waals surface area contributed by atoms with Crippen LogP contribution in [0.2, 0.25) is 0 Å². The number of rotatable bonds is 4. The molecule has 0 spiro atoms. The molecule has 0 saturated heterocycles. The predicted octanol–water partition coefficient (Wildman–Crippen LogP) is 5.05. The molecule has 0 saturated carbocycles. The second-order valence-electron chi connectivity index (χ2n) is 5.75. The molecule has 2 heteroatoms. The molecule has 1 aliphatic rings. The summed E-state index contributed by atoms with van der Waals surface area (Å²) in [4.78, 5) is 0.827. The van der Waals surface area contributed by atoms with Crippen LogP contribution in [0.5, 0.6) is 0 Å². The number of hydrogen-bond acceptors (Lipinski definition) is 1. The maximum absolute atomic E-state index is 5.63. The van der Waals surface area contributed by atoms with Crippen LogP contribution in [0.15, 0.2) is 72.8 Å². The minimum atomic E-state index is 0.241. The van der Waals surface area contributed by atoms with Crippen molar-refractivity contribution in [2.75, 3.05) is 0 Å². The number of nitrogens with one attached hydrogen (secondary N) is 1. The highest BCUT2D eigenvalue weighted by atomic mass is 32.1. The second-order valence-corrected chi connectivity index (χ2v) is 6.16. The summed E-state index contributed by atoms with van der Waals surface area (Å²) in [6.45, 7) is 0. The number of hydrogen-bond donors (Lipinski definition) is 1. The first-order valence-electron chi connectivity index (χ1n) is 7.92. The van der Waals surface area contributed by atoms with Gasteiger partial charge in [-0.15, -0.1) is 0 Å². The van der Waals surface area contributed by atoms with Crippen molar-refractivity contribution in [1.29, 1.82) is 0 Å². The van der Waals surface area contributed by atoms with Gasteiger partial charge in [0.2, 0.25) is 0 Å². The van der Waals surface area contributed by atoms with E-state index in [1.165, 1.54) is 24.8 Å². The predicted molar refractivity (Wildman–Crippen MR) is 96.9 cm³/mol. The van der Waals surface area contributed by atoms with Crippen molar-refractivity contribution >= 4 is 17.2 Å². The Kier molecular flexibility index (Phi) is 5.02. The van der Waals surface area contributed by atoms with Crippen molar-refractivity contribution < 1.29 is 0 Å². The Morgan fingerprint density at radius 2 is 1.68 bits per heavy atom. The smallest absolute Gasteiger partial charge is 0.107 e. The Balaban J connectivity index is 1.84. The van der Waals surface area contributed by atoms with Crippen LogP contribution < -0.4 is 5.32 Å². The summed E-state index contributed by atoms with van der Waals surface area (Å²) < 4.78 is 0. The van der Waals surface area contributed by atoms with Crippen molar-refractivity contribution in [3.05, 3.63) is 83.9 Å². The van der Waals surface area contributed by atoms with Gasteiger partial charge >= 0.3 is 0 Å². The van der Waals surface area contributed by atoms with Crippen molar-refractivity contribution in [3.63, 3.8) is 0 Å². The molecule has 0 bridgehead atoms. The van der Waals surface area contributed by atoms with E-state index in [-0.39, 0.29) is 6.04 Å². The van der Waals surface area contributed by atoms with Crippen LogP contribution in [0, 0.1) is 5.92 Å². The van der Waals surface area contributed by atoms with E-state index < -0.39 is 0 Å². The van der Waals surface area contributed by atoms with Crippen LogP contribution in [0.4, 0.5) is 0 Å². The molecule has 2 aromatic rings. The van der Waals surface area contributed by atoms with Crippen LogP contribution in [0.3, 0.4) is 0 Å². The van der Waals surface area contributed by atoms with Crippen LogP contribution in [0.1, 0.15) is 36.4 Å². The van der Waals surface area contributed by atoms with Gasteiger partial charge in [-0.1, -0.05) is 85.0 Å². The van der Waals surface area contributed by atoms with Gasteiger partial charge in [0, 0.05) is 11.5 Å². The molecule has 0 radical (unpaired) electrons. The summed E-state index contributed by atoms with van der Waals surface area (Å²) in [7, 11) is 0. The first kappa shape index (κ1) is 15.0. The first-order valence-corrected chi connectivity index (χ1v) is 8.33. The fourth-order valence-electron chi connectivity index (χ4n) is 3.03. The third-order valence-corrected chi connectivity index (χ3v) is 4.55. The molecule has 1 N–H and O–H groups in total. The summed E-state index contributed by atoms with van der Waals surface area (Å²) in [5, 5.41) is 3.60. The van der Waals surface area contributed by atoms with Gasteiger partial charge in [-0.2, -0.15) is 0 Å². The molecule has 1 nitrogen and oxygen atoms in total. The Labute approximate surface area is 138 Å². The Morgan fingerprint density at radius 1 is 1.00 bits per heavy atom. The molecule has 112 valence electrons. The lowest BCUT2D eigenvalue weighted by Gasteiger charge is -2.29. The van der Waals surface area contributed by atoms with E-state index >= 15 is 0 Å². The largest absolute Gasteiger partial charge is 0.368 e. The fourth-order valence-corrected chi connectivity index (χ4v) is 3.29. The third kappa shape index (κ3) is 3.63. The Hall–Kier alpha value is -1.93. The molecular formula is C20H21NS. The lowest BCUT2D eigenvalue weighted by atomic mass is 9.85. The highest BCUT2D eigenvalue weighted by Crippen LogP contribution is 2.30. The SMILES string of the molecule is S=C(NC(c1ccccc1)C1C=CCCC1)c1ccccc1. The van der Waals surface area contributed by atoms with E-state index in [4.69, 9.17) is 12.2 Å². The maximum atomic E-state index is 5.63. The van der Waals surface area contributed by atoms with E-state index in [0.717, 1.165) is 10.6 Å². The molecule has 2 atom stereocenters. The lowest BCUT2D eigenvalue weighted by molar-refractivity contribution is 0.428. The summed E-state index contributed by atoms with van der Waals surface area (Å²) in [6, 6.07) is 21.1. The van der Waals surface area contributed by atoms with E-state index in [9.17, 15) is 0 Å². The van der Waals surface area contributed by atoms with Crippen LogP contribution >= 0.6 is 12.2 Å². The number of allylic oxidation sites excluding steroid dienone is 1. The molecule has 3 rings (SSSR count). The fraction of sp³-hybridized carbons (Fsp3) is 0.250. The van der Waals surface area contributed by atoms with Crippen molar-refractivity contribution in [2.24, 2.45) is 5.92 Å². The minimum absolute atomic E-state index is 0.241. The average Bonchev–Trinajstić information content (AvgIpc) is 2.62. The molecule has 0 heterocycles. The van der Waals surface area contributed by atoms with E-state index in [1.807, 2.05) is 18.2 Å². The van der Waals surface area contributed by atoms with Crippen LogP contribution in [0.25, 0.3) is 0 Å². The van der Waals surface area contributed by atoms with Crippen molar-refractivity contribution in [3.8, 4) is 0 Å². The third-order valence-electron chi connectivity index (χ3n) is 4.20. The number of benzene rings is 2. The molecule has 0 amide bonds. The zero-order valence-corrected chi connectivity index (χ0v) is 13.4. The van der Waals surface area contributed by atoms with E-state index in [2.05, 4.69) is 59.9 Å². The second kappa shape index (κ2) is 7.37. The zero-order valence-electron chi connectivity index (χ0n) is 12.6. The highest BCUT2D eigenvalue weighted by molar-refractivity contribution is 7.80. The Bertz CT molecular complexity index is 633. The van der Waals surface area contributed by atoms with Crippen molar-refractivity contribution in [1.82, 2.24) is 5.32 Å². The minimum Gasteiger partial charge on any atom is -0.368 e. The summed E-state index contributed by atoms with van der Waals surface area (Å²) >= 11 is 5.63. The normalized spacial score (nSPS) is 18.6.